The van der Waals surface area contributed by atoms with Gasteiger partial charge in [-0.1, -0.05) is 6.07 Å². The predicted molar refractivity (Wildman–Crippen MR) is 101 cm³/mol. The lowest BCUT2D eigenvalue weighted by Gasteiger charge is -2.46. The van der Waals surface area contributed by atoms with Crippen molar-refractivity contribution in [2.24, 2.45) is 0 Å². The third kappa shape index (κ3) is 4.20. The molecule has 144 valence electrons. The van der Waals surface area contributed by atoms with Crippen molar-refractivity contribution >= 4 is 5.95 Å². The van der Waals surface area contributed by atoms with Gasteiger partial charge >= 0.3 is 0 Å². The molecule has 0 atom stereocenters. The van der Waals surface area contributed by atoms with Gasteiger partial charge in [0.2, 0.25) is 11.8 Å². The normalized spacial score (nSPS) is 20.0. The topological polar surface area (TPSA) is 50.7 Å². The predicted octanol–water partition coefficient (Wildman–Crippen LogP) is 3.02. The van der Waals surface area contributed by atoms with Gasteiger partial charge in [-0.25, -0.2) is 9.37 Å². The molecule has 27 heavy (non-hydrogen) atoms. The molecule has 2 aliphatic rings. The summed E-state index contributed by atoms with van der Waals surface area (Å²) < 4.78 is 25.3. The van der Waals surface area contributed by atoms with Crippen LogP contribution in [0.5, 0.6) is 11.6 Å². The maximum atomic E-state index is 13.4. The van der Waals surface area contributed by atoms with Gasteiger partial charge in [-0.15, -0.1) is 0 Å². The van der Waals surface area contributed by atoms with Crippen LogP contribution in [0.15, 0.2) is 30.3 Å². The van der Waals surface area contributed by atoms with E-state index in [4.69, 9.17) is 9.47 Å². The van der Waals surface area contributed by atoms with E-state index in [1.54, 1.807) is 18.2 Å². The van der Waals surface area contributed by atoms with Gasteiger partial charge in [0.15, 0.2) is 0 Å². The van der Waals surface area contributed by atoms with Gasteiger partial charge in [0.25, 0.3) is 0 Å². The maximum Gasteiger partial charge on any atom is 0.228 e. The van der Waals surface area contributed by atoms with Crippen molar-refractivity contribution in [3.05, 3.63) is 41.8 Å². The average Bonchev–Trinajstić information content (AvgIpc) is 2.62. The number of aromatic nitrogens is 2. The molecule has 3 heterocycles. The second kappa shape index (κ2) is 7.40. The number of halogens is 1. The molecule has 0 radical (unpaired) electrons. The molecule has 7 heteroatoms. The first kappa shape index (κ1) is 18.1. The first-order chi connectivity index (χ1) is 13.0. The first-order valence-corrected chi connectivity index (χ1v) is 9.38. The number of anilines is 1. The van der Waals surface area contributed by atoms with Crippen LogP contribution >= 0.6 is 0 Å². The van der Waals surface area contributed by atoms with Gasteiger partial charge in [0, 0.05) is 44.0 Å². The minimum atomic E-state index is -0.336. The van der Waals surface area contributed by atoms with Crippen LogP contribution in [0.1, 0.15) is 18.5 Å². The Labute approximate surface area is 158 Å². The molecule has 2 fully saturated rings. The van der Waals surface area contributed by atoms with Gasteiger partial charge in [0.05, 0.1) is 12.2 Å². The monoisotopic (exact) mass is 372 g/mol. The summed E-state index contributed by atoms with van der Waals surface area (Å²) in [5, 5.41) is 0. The third-order valence-corrected chi connectivity index (χ3v) is 5.23. The van der Waals surface area contributed by atoms with Crippen LogP contribution in [0.4, 0.5) is 10.3 Å². The molecule has 1 spiro atoms. The van der Waals surface area contributed by atoms with Crippen LogP contribution in [-0.4, -0.2) is 60.3 Å². The van der Waals surface area contributed by atoms with Gasteiger partial charge in [-0.3, -0.25) is 0 Å². The van der Waals surface area contributed by atoms with E-state index in [1.807, 2.05) is 6.92 Å². The summed E-state index contributed by atoms with van der Waals surface area (Å²) in [5.41, 5.74) is 0.772. The van der Waals surface area contributed by atoms with E-state index >= 15 is 0 Å². The number of nitrogens with zero attached hydrogens (tertiary/aromatic N) is 4. The second-order valence-electron chi connectivity index (χ2n) is 7.46. The molecule has 4 rings (SSSR count). The standard InChI is InChI=1S/C20H25FN4O2/c1-15-12-18(27-17-5-3-4-16(21)13-17)23-19(22-15)25-8-6-20(7-9-25)14-24(2)10-11-26-20/h3-5,12-13H,6-11,14H2,1-2H3. The lowest BCUT2D eigenvalue weighted by atomic mass is 9.89. The van der Waals surface area contributed by atoms with Gasteiger partial charge < -0.3 is 19.3 Å². The van der Waals surface area contributed by atoms with Crippen LogP contribution in [0.2, 0.25) is 0 Å². The fourth-order valence-corrected chi connectivity index (χ4v) is 3.82. The summed E-state index contributed by atoms with van der Waals surface area (Å²) in [7, 11) is 2.15. The number of likely N-dealkylation sites (N-methyl/N-ethyl adjacent to an activating group) is 1. The van der Waals surface area contributed by atoms with E-state index in [0.29, 0.717) is 17.6 Å². The van der Waals surface area contributed by atoms with Crippen LogP contribution in [0, 0.1) is 12.7 Å². The molecule has 0 bridgehead atoms. The molecular weight excluding hydrogens is 347 g/mol. The molecule has 1 aromatic carbocycles. The molecule has 1 aromatic heterocycles. The molecule has 0 unspecified atom stereocenters. The van der Waals surface area contributed by atoms with Crippen molar-refractivity contribution in [2.45, 2.75) is 25.4 Å². The molecule has 0 saturated carbocycles. The number of aryl methyl sites for hydroxylation is 1. The Morgan fingerprint density at radius 2 is 1.96 bits per heavy atom. The molecule has 2 saturated heterocycles. The van der Waals surface area contributed by atoms with Crippen LogP contribution in [0.3, 0.4) is 0 Å². The van der Waals surface area contributed by atoms with E-state index in [9.17, 15) is 4.39 Å². The number of piperidine rings is 1. The summed E-state index contributed by atoms with van der Waals surface area (Å²) in [6.07, 6.45) is 1.91. The van der Waals surface area contributed by atoms with Crippen molar-refractivity contribution < 1.29 is 13.9 Å². The van der Waals surface area contributed by atoms with Gasteiger partial charge in [-0.05, 0) is 38.9 Å². The highest BCUT2D eigenvalue weighted by atomic mass is 19.1. The Morgan fingerprint density at radius 1 is 1.15 bits per heavy atom. The van der Waals surface area contributed by atoms with E-state index in [2.05, 4.69) is 26.8 Å². The number of morpholine rings is 1. The number of benzene rings is 1. The lowest BCUT2D eigenvalue weighted by molar-refractivity contribution is -0.115. The number of hydrogen-bond donors (Lipinski definition) is 0. The summed E-state index contributed by atoms with van der Waals surface area (Å²) >= 11 is 0. The fourth-order valence-electron chi connectivity index (χ4n) is 3.82. The van der Waals surface area contributed by atoms with Gasteiger partial charge in [-0.2, -0.15) is 4.98 Å². The Hall–Kier alpha value is -2.25. The van der Waals surface area contributed by atoms with Crippen molar-refractivity contribution in [3.63, 3.8) is 0 Å². The Bertz CT molecular complexity index is 808. The minimum absolute atomic E-state index is 0.0474. The van der Waals surface area contributed by atoms with Crippen molar-refractivity contribution in [2.75, 3.05) is 44.7 Å². The lowest BCUT2D eigenvalue weighted by Crippen LogP contribution is -2.56. The first-order valence-electron chi connectivity index (χ1n) is 9.38. The summed E-state index contributed by atoms with van der Waals surface area (Å²) in [6, 6.07) is 7.82. The molecule has 6 nitrogen and oxygen atoms in total. The number of hydrogen-bond acceptors (Lipinski definition) is 6. The average molecular weight is 372 g/mol. The second-order valence-corrected chi connectivity index (χ2v) is 7.46. The fraction of sp³-hybridized carbons (Fsp3) is 0.500. The number of ether oxygens (including phenoxy) is 2. The summed E-state index contributed by atoms with van der Waals surface area (Å²) in [4.78, 5) is 13.6. The highest BCUT2D eigenvalue weighted by Gasteiger charge is 2.39. The largest absolute Gasteiger partial charge is 0.439 e. The van der Waals surface area contributed by atoms with E-state index < -0.39 is 0 Å². The quantitative estimate of drug-likeness (QED) is 0.826. The zero-order chi connectivity index (χ0) is 18.9. The SMILES string of the molecule is Cc1cc(Oc2cccc(F)c2)nc(N2CCC3(CC2)CN(C)CCO3)n1. The smallest absolute Gasteiger partial charge is 0.228 e. The van der Waals surface area contributed by atoms with E-state index in [-0.39, 0.29) is 11.4 Å². The molecule has 2 aromatic rings. The van der Waals surface area contributed by atoms with Crippen molar-refractivity contribution in [1.29, 1.82) is 0 Å². The van der Waals surface area contributed by atoms with Crippen LogP contribution < -0.4 is 9.64 Å². The summed E-state index contributed by atoms with van der Waals surface area (Å²) in [5.74, 6) is 1.17. The van der Waals surface area contributed by atoms with Gasteiger partial charge in [0.1, 0.15) is 11.6 Å². The number of rotatable bonds is 3. The Balaban J connectivity index is 1.47. The van der Waals surface area contributed by atoms with Crippen LogP contribution in [-0.2, 0) is 4.74 Å². The molecular formula is C20H25FN4O2. The highest BCUT2D eigenvalue weighted by molar-refractivity contribution is 5.37. The Kier molecular flexibility index (Phi) is 4.97. The summed E-state index contributed by atoms with van der Waals surface area (Å²) in [6.45, 7) is 6.36. The minimum Gasteiger partial charge on any atom is -0.439 e. The van der Waals surface area contributed by atoms with Crippen molar-refractivity contribution in [1.82, 2.24) is 14.9 Å². The third-order valence-electron chi connectivity index (χ3n) is 5.23. The highest BCUT2D eigenvalue weighted by Crippen LogP contribution is 2.32. The zero-order valence-corrected chi connectivity index (χ0v) is 15.8. The van der Waals surface area contributed by atoms with E-state index in [1.165, 1.54) is 12.1 Å². The molecule has 2 aliphatic heterocycles. The Morgan fingerprint density at radius 3 is 2.70 bits per heavy atom. The van der Waals surface area contributed by atoms with Crippen molar-refractivity contribution in [3.8, 4) is 11.6 Å². The zero-order valence-electron chi connectivity index (χ0n) is 15.8. The van der Waals surface area contributed by atoms with E-state index in [0.717, 1.165) is 51.3 Å². The van der Waals surface area contributed by atoms with Crippen LogP contribution in [0.25, 0.3) is 0 Å². The molecule has 0 aliphatic carbocycles. The molecule has 0 amide bonds. The maximum absolute atomic E-state index is 13.4. The molecule has 0 N–H and O–H groups in total.